The largest absolute Gasteiger partial charge is 0.492 e. The van der Waals surface area contributed by atoms with Crippen LogP contribution in [0.3, 0.4) is 0 Å². The number of carbonyl (C=O) groups is 1. The van der Waals surface area contributed by atoms with Crippen molar-refractivity contribution in [1.82, 2.24) is 5.32 Å². The highest BCUT2D eigenvalue weighted by Crippen LogP contribution is 2.32. The van der Waals surface area contributed by atoms with Crippen LogP contribution < -0.4 is 14.4 Å². The molecule has 1 atom stereocenters. The molecule has 0 saturated carbocycles. The van der Waals surface area contributed by atoms with Gasteiger partial charge in [0.2, 0.25) is 5.91 Å². The molecule has 0 aliphatic rings. The van der Waals surface area contributed by atoms with Crippen molar-refractivity contribution in [3.63, 3.8) is 0 Å². The molecule has 0 unspecified atom stereocenters. The molecule has 2 rings (SSSR count). The molecule has 0 aliphatic heterocycles. The Balaban J connectivity index is 2.49. The standard InChI is InChI=1S/C21H28N2O4S2/c1-5-16(3)22-21(24)15-23(19-9-7-8-10-20(19)27-6-2)29(25,26)18-13-11-17(28-4)12-14-18/h7-14,16H,5-6,15H2,1-4H3,(H,22,24)/t16-/m1/s1. The molecular weight excluding hydrogens is 408 g/mol. The third-order valence-electron chi connectivity index (χ3n) is 4.39. The van der Waals surface area contributed by atoms with E-state index in [2.05, 4.69) is 5.32 Å². The van der Waals surface area contributed by atoms with Crippen molar-refractivity contribution in [3.8, 4) is 5.75 Å². The van der Waals surface area contributed by atoms with E-state index in [1.165, 1.54) is 11.8 Å². The summed E-state index contributed by atoms with van der Waals surface area (Å²) in [4.78, 5) is 13.7. The van der Waals surface area contributed by atoms with Gasteiger partial charge < -0.3 is 10.1 Å². The Morgan fingerprint density at radius 2 is 1.79 bits per heavy atom. The van der Waals surface area contributed by atoms with E-state index in [1.807, 2.05) is 27.0 Å². The van der Waals surface area contributed by atoms with Crippen LogP contribution in [0.15, 0.2) is 58.3 Å². The van der Waals surface area contributed by atoms with Gasteiger partial charge in [-0.3, -0.25) is 9.10 Å². The fraction of sp³-hybridized carbons (Fsp3) is 0.381. The van der Waals surface area contributed by atoms with Gasteiger partial charge in [0.05, 0.1) is 17.2 Å². The zero-order chi connectivity index (χ0) is 21.4. The highest BCUT2D eigenvalue weighted by Gasteiger charge is 2.29. The highest BCUT2D eigenvalue weighted by molar-refractivity contribution is 7.98. The van der Waals surface area contributed by atoms with Crippen LogP contribution in [0.4, 0.5) is 5.69 Å². The normalized spacial score (nSPS) is 12.3. The molecule has 6 nitrogen and oxygen atoms in total. The first-order chi connectivity index (χ1) is 13.8. The summed E-state index contributed by atoms with van der Waals surface area (Å²) in [6, 6.07) is 13.4. The molecule has 0 radical (unpaired) electrons. The molecule has 2 aromatic rings. The number of ether oxygens (including phenoxy) is 1. The lowest BCUT2D eigenvalue weighted by Crippen LogP contribution is -2.43. The maximum Gasteiger partial charge on any atom is 0.264 e. The van der Waals surface area contributed by atoms with Crippen molar-refractivity contribution in [2.24, 2.45) is 0 Å². The first kappa shape index (κ1) is 23.1. The number of carbonyl (C=O) groups excluding carboxylic acids is 1. The van der Waals surface area contributed by atoms with Crippen LogP contribution >= 0.6 is 11.8 Å². The maximum absolute atomic E-state index is 13.5. The van der Waals surface area contributed by atoms with Crippen LogP contribution in [-0.2, 0) is 14.8 Å². The number of nitrogens with one attached hydrogen (secondary N) is 1. The molecule has 2 aromatic carbocycles. The molecule has 158 valence electrons. The van der Waals surface area contributed by atoms with Gasteiger partial charge in [-0.1, -0.05) is 19.1 Å². The lowest BCUT2D eigenvalue weighted by atomic mass is 10.2. The van der Waals surface area contributed by atoms with Gasteiger partial charge in [-0.15, -0.1) is 11.8 Å². The van der Waals surface area contributed by atoms with E-state index in [9.17, 15) is 13.2 Å². The second-order valence-electron chi connectivity index (χ2n) is 6.46. The first-order valence-electron chi connectivity index (χ1n) is 9.51. The lowest BCUT2D eigenvalue weighted by molar-refractivity contribution is -0.120. The summed E-state index contributed by atoms with van der Waals surface area (Å²) >= 11 is 1.53. The van der Waals surface area contributed by atoms with Crippen LogP contribution in [-0.4, -0.2) is 39.8 Å². The number of nitrogens with zero attached hydrogens (tertiary/aromatic N) is 1. The molecular formula is C21H28N2O4S2. The van der Waals surface area contributed by atoms with Gasteiger partial charge in [0.25, 0.3) is 10.0 Å². The first-order valence-corrected chi connectivity index (χ1v) is 12.2. The van der Waals surface area contributed by atoms with Gasteiger partial charge in [-0.2, -0.15) is 0 Å². The average Bonchev–Trinajstić information content (AvgIpc) is 2.72. The van der Waals surface area contributed by atoms with E-state index in [4.69, 9.17) is 4.74 Å². The van der Waals surface area contributed by atoms with Crippen LogP contribution in [0, 0.1) is 0 Å². The summed E-state index contributed by atoms with van der Waals surface area (Å²) in [5.74, 6) is 0.0469. The monoisotopic (exact) mass is 436 g/mol. The molecule has 8 heteroatoms. The summed E-state index contributed by atoms with van der Waals surface area (Å²) in [6.07, 6.45) is 2.68. The smallest absolute Gasteiger partial charge is 0.264 e. The number of thioether (sulfide) groups is 1. The van der Waals surface area contributed by atoms with E-state index in [0.717, 1.165) is 15.6 Å². The van der Waals surface area contributed by atoms with E-state index in [1.54, 1.807) is 48.5 Å². The second-order valence-corrected chi connectivity index (χ2v) is 9.21. The minimum absolute atomic E-state index is 0.0462. The number of sulfonamides is 1. The predicted molar refractivity (Wildman–Crippen MR) is 118 cm³/mol. The molecule has 1 N–H and O–H groups in total. The van der Waals surface area contributed by atoms with E-state index < -0.39 is 10.0 Å². The summed E-state index contributed by atoms with van der Waals surface area (Å²) in [5.41, 5.74) is 0.336. The minimum atomic E-state index is -3.97. The third-order valence-corrected chi connectivity index (χ3v) is 6.91. The van der Waals surface area contributed by atoms with Crippen molar-refractivity contribution < 1.29 is 17.9 Å². The van der Waals surface area contributed by atoms with Crippen LogP contribution in [0.25, 0.3) is 0 Å². The number of amides is 1. The van der Waals surface area contributed by atoms with Gasteiger partial charge in [0, 0.05) is 10.9 Å². The Bertz CT molecular complexity index is 915. The van der Waals surface area contributed by atoms with Gasteiger partial charge in [-0.25, -0.2) is 8.42 Å². The Hall–Kier alpha value is -2.19. The fourth-order valence-corrected chi connectivity index (χ4v) is 4.51. The van der Waals surface area contributed by atoms with E-state index >= 15 is 0 Å². The SMILES string of the molecule is CCOc1ccccc1N(CC(=O)N[C@H](C)CC)S(=O)(=O)c1ccc(SC)cc1. The Morgan fingerprint density at radius 1 is 1.14 bits per heavy atom. The highest BCUT2D eigenvalue weighted by atomic mass is 32.2. The lowest BCUT2D eigenvalue weighted by Gasteiger charge is -2.26. The van der Waals surface area contributed by atoms with E-state index in [0.29, 0.717) is 18.0 Å². The Morgan fingerprint density at radius 3 is 2.38 bits per heavy atom. The topological polar surface area (TPSA) is 75.7 Å². The number of rotatable bonds is 10. The molecule has 0 spiro atoms. The number of benzene rings is 2. The number of hydrogen-bond acceptors (Lipinski definition) is 5. The summed E-state index contributed by atoms with van der Waals surface area (Å²) in [7, 11) is -3.97. The van der Waals surface area contributed by atoms with Crippen molar-refractivity contribution in [2.75, 3.05) is 23.7 Å². The summed E-state index contributed by atoms with van der Waals surface area (Å²) in [5, 5.41) is 2.83. The van der Waals surface area contributed by atoms with E-state index in [-0.39, 0.29) is 23.4 Å². The van der Waals surface area contributed by atoms with Gasteiger partial charge in [0.15, 0.2) is 0 Å². The van der Waals surface area contributed by atoms with Crippen molar-refractivity contribution in [3.05, 3.63) is 48.5 Å². The van der Waals surface area contributed by atoms with Gasteiger partial charge in [-0.05, 0) is 62.9 Å². The molecule has 0 aromatic heterocycles. The summed E-state index contributed by atoms with van der Waals surface area (Å²) < 4.78 is 33.7. The fourth-order valence-electron chi connectivity index (χ4n) is 2.67. The minimum Gasteiger partial charge on any atom is -0.492 e. The van der Waals surface area contributed by atoms with Crippen LogP contribution in [0.2, 0.25) is 0 Å². The molecule has 0 saturated heterocycles. The average molecular weight is 437 g/mol. The molecule has 0 bridgehead atoms. The van der Waals surface area contributed by atoms with Gasteiger partial charge >= 0.3 is 0 Å². The van der Waals surface area contributed by atoms with Gasteiger partial charge in [0.1, 0.15) is 12.3 Å². The number of anilines is 1. The molecule has 29 heavy (non-hydrogen) atoms. The molecule has 0 fully saturated rings. The van der Waals surface area contributed by atoms with Crippen LogP contribution in [0.5, 0.6) is 5.75 Å². The Labute approximate surface area is 177 Å². The number of hydrogen-bond donors (Lipinski definition) is 1. The molecule has 0 heterocycles. The Kier molecular flexibility index (Phi) is 8.40. The quantitative estimate of drug-likeness (QED) is 0.572. The molecule has 1 amide bonds. The zero-order valence-electron chi connectivity index (χ0n) is 17.2. The summed E-state index contributed by atoms with van der Waals surface area (Å²) in [6.45, 7) is 5.71. The zero-order valence-corrected chi connectivity index (χ0v) is 18.8. The van der Waals surface area contributed by atoms with Crippen molar-refractivity contribution in [1.29, 1.82) is 0 Å². The van der Waals surface area contributed by atoms with Crippen LogP contribution in [0.1, 0.15) is 27.2 Å². The maximum atomic E-state index is 13.5. The molecule has 0 aliphatic carbocycles. The second kappa shape index (κ2) is 10.5. The van der Waals surface area contributed by atoms with Crippen molar-refractivity contribution >= 4 is 33.4 Å². The van der Waals surface area contributed by atoms with Crippen molar-refractivity contribution in [2.45, 2.75) is 43.0 Å². The third kappa shape index (κ3) is 5.90. The number of para-hydroxylation sites is 2. The predicted octanol–water partition coefficient (Wildman–Crippen LogP) is 3.92.